The van der Waals surface area contributed by atoms with Crippen LogP contribution in [0.5, 0.6) is 0 Å². The van der Waals surface area contributed by atoms with E-state index in [0.29, 0.717) is 17.3 Å². The highest BCUT2D eigenvalue weighted by Gasteiger charge is 2.04. The number of nitrogens with one attached hydrogen (secondary N) is 3. The van der Waals surface area contributed by atoms with Crippen molar-refractivity contribution in [3.05, 3.63) is 29.3 Å². The Bertz CT molecular complexity index is 392. The van der Waals surface area contributed by atoms with Gasteiger partial charge in [-0.3, -0.25) is 4.79 Å². The summed E-state index contributed by atoms with van der Waals surface area (Å²) in [5.41, 5.74) is 0.614. The third-order valence-corrected chi connectivity index (χ3v) is 2.14. The van der Waals surface area contributed by atoms with Crippen LogP contribution in [0.3, 0.4) is 0 Å². The Morgan fingerprint density at radius 3 is 2.41 bits per heavy atom. The maximum Gasteiger partial charge on any atom is 0.319 e. The first-order valence-electron chi connectivity index (χ1n) is 5.19. The number of carbonyl (C=O) groups excluding carboxylic acids is 2. The van der Waals surface area contributed by atoms with Crippen molar-refractivity contribution in [2.75, 3.05) is 18.4 Å². The van der Waals surface area contributed by atoms with Crippen molar-refractivity contribution >= 4 is 29.2 Å². The predicted octanol–water partition coefficient (Wildman–Crippen LogP) is 1.60. The average Bonchev–Trinajstić information content (AvgIpc) is 2.30. The monoisotopic (exact) mass is 255 g/mol. The Balaban J connectivity index is 2.34. The van der Waals surface area contributed by atoms with Crippen molar-refractivity contribution < 1.29 is 9.59 Å². The Morgan fingerprint density at radius 2 is 1.82 bits per heavy atom. The number of rotatable bonds is 4. The Labute approximate surface area is 105 Å². The number of hydrogen-bond donors (Lipinski definition) is 3. The fraction of sp³-hybridized carbons (Fsp3) is 0.273. The van der Waals surface area contributed by atoms with Gasteiger partial charge in [0.2, 0.25) is 5.91 Å². The molecular weight excluding hydrogens is 242 g/mol. The molecule has 0 radical (unpaired) electrons. The highest BCUT2D eigenvalue weighted by atomic mass is 35.5. The summed E-state index contributed by atoms with van der Waals surface area (Å²) in [5.74, 6) is -0.223. The maximum absolute atomic E-state index is 11.4. The van der Waals surface area contributed by atoms with Crippen LogP contribution >= 0.6 is 11.6 Å². The van der Waals surface area contributed by atoms with Crippen LogP contribution in [0.2, 0.25) is 5.02 Å². The second-order valence-electron chi connectivity index (χ2n) is 3.27. The number of likely N-dealkylation sites (N-methyl/N-ethyl adjacent to an activating group) is 1. The van der Waals surface area contributed by atoms with Crippen LogP contribution in [0.4, 0.5) is 10.5 Å². The van der Waals surface area contributed by atoms with Crippen LogP contribution in [0.25, 0.3) is 0 Å². The number of urea groups is 1. The van der Waals surface area contributed by atoms with Crippen LogP contribution in [-0.2, 0) is 4.79 Å². The molecule has 0 unspecified atom stereocenters. The predicted molar refractivity (Wildman–Crippen MR) is 67.2 cm³/mol. The Morgan fingerprint density at radius 1 is 1.18 bits per heavy atom. The van der Waals surface area contributed by atoms with E-state index in [1.165, 1.54) is 0 Å². The van der Waals surface area contributed by atoms with E-state index in [1.54, 1.807) is 24.3 Å². The van der Waals surface area contributed by atoms with Gasteiger partial charge in [-0.05, 0) is 31.2 Å². The van der Waals surface area contributed by atoms with Crippen molar-refractivity contribution in [2.45, 2.75) is 6.92 Å². The summed E-state index contributed by atoms with van der Waals surface area (Å²) >= 11 is 5.70. The van der Waals surface area contributed by atoms with Gasteiger partial charge in [-0.15, -0.1) is 0 Å². The number of halogens is 1. The normalized spacial score (nSPS) is 9.53. The summed E-state index contributed by atoms with van der Waals surface area (Å²) in [6.45, 7) is 2.30. The highest BCUT2D eigenvalue weighted by Crippen LogP contribution is 2.12. The van der Waals surface area contributed by atoms with Crippen LogP contribution in [0.1, 0.15) is 6.92 Å². The molecule has 0 aromatic heterocycles. The van der Waals surface area contributed by atoms with Crippen molar-refractivity contribution in [2.24, 2.45) is 0 Å². The number of anilines is 1. The highest BCUT2D eigenvalue weighted by molar-refractivity contribution is 6.30. The maximum atomic E-state index is 11.4. The lowest BCUT2D eigenvalue weighted by Crippen LogP contribution is -2.38. The van der Waals surface area contributed by atoms with E-state index >= 15 is 0 Å². The third kappa shape index (κ3) is 5.21. The van der Waals surface area contributed by atoms with Gasteiger partial charge in [0.05, 0.1) is 6.54 Å². The molecule has 0 aliphatic heterocycles. The average molecular weight is 256 g/mol. The first-order chi connectivity index (χ1) is 8.11. The second kappa shape index (κ2) is 6.75. The first-order valence-corrected chi connectivity index (χ1v) is 5.56. The molecule has 0 bridgehead atoms. The quantitative estimate of drug-likeness (QED) is 0.765. The summed E-state index contributed by atoms with van der Waals surface area (Å²) in [4.78, 5) is 22.4. The lowest BCUT2D eigenvalue weighted by atomic mass is 10.3. The molecule has 0 spiro atoms. The molecule has 1 aromatic rings. The Kier molecular flexibility index (Phi) is 5.29. The minimum Gasteiger partial charge on any atom is -0.355 e. The number of benzene rings is 1. The van der Waals surface area contributed by atoms with Crippen LogP contribution in [0, 0.1) is 0 Å². The van der Waals surface area contributed by atoms with Gasteiger partial charge in [-0.2, -0.15) is 0 Å². The van der Waals surface area contributed by atoms with Crippen LogP contribution in [-0.4, -0.2) is 25.0 Å². The molecule has 3 amide bonds. The van der Waals surface area contributed by atoms with Crippen molar-refractivity contribution in [3.8, 4) is 0 Å². The zero-order valence-corrected chi connectivity index (χ0v) is 10.2. The van der Waals surface area contributed by atoms with E-state index in [0.717, 1.165) is 0 Å². The van der Waals surface area contributed by atoms with Gasteiger partial charge in [-0.25, -0.2) is 4.79 Å². The Hall–Kier alpha value is -1.75. The molecule has 1 aromatic carbocycles. The van der Waals surface area contributed by atoms with Crippen molar-refractivity contribution in [3.63, 3.8) is 0 Å². The minimum atomic E-state index is -0.432. The lowest BCUT2D eigenvalue weighted by molar-refractivity contribution is -0.119. The van der Waals surface area contributed by atoms with E-state index in [-0.39, 0.29) is 12.5 Å². The third-order valence-electron chi connectivity index (χ3n) is 1.89. The first kappa shape index (κ1) is 13.3. The zero-order valence-electron chi connectivity index (χ0n) is 9.42. The topological polar surface area (TPSA) is 70.2 Å². The molecule has 0 fully saturated rings. The fourth-order valence-corrected chi connectivity index (χ4v) is 1.25. The number of amides is 3. The molecule has 0 saturated heterocycles. The van der Waals surface area contributed by atoms with E-state index < -0.39 is 6.03 Å². The number of carbonyl (C=O) groups is 2. The van der Waals surface area contributed by atoms with Gasteiger partial charge in [0, 0.05) is 17.3 Å². The van der Waals surface area contributed by atoms with Crippen molar-refractivity contribution in [1.82, 2.24) is 10.6 Å². The molecule has 92 valence electrons. The summed E-state index contributed by atoms with van der Waals surface area (Å²) in [6, 6.07) is 6.25. The van der Waals surface area contributed by atoms with Gasteiger partial charge in [0.25, 0.3) is 0 Å². The molecule has 0 aliphatic rings. The largest absolute Gasteiger partial charge is 0.355 e. The molecule has 0 atom stereocenters. The van der Waals surface area contributed by atoms with E-state index in [9.17, 15) is 9.59 Å². The minimum absolute atomic E-state index is 0.0484. The summed E-state index contributed by atoms with van der Waals surface area (Å²) in [7, 11) is 0. The smallest absolute Gasteiger partial charge is 0.319 e. The van der Waals surface area contributed by atoms with Gasteiger partial charge >= 0.3 is 6.03 Å². The van der Waals surface area contributed by atoms with E-state index in [2.05, 4.69) is 16.0 Å². The molecular formula is C11H14ClN3O2. The zero-order chi connectivity index (χ0) is 12.7. The molecule has 17 heavy (non-hydrogen) atoms. The van der Waals surface area contributed by atoms with E-state index in [1.807, 2.05) is 6.92 Å². The molecule has 0 saturated carbocycles. The van der Waals surface area contributed by atoms with Gasteiger partial charge in [0.15, 0.2) is 0 Å². The lowest BCUT2D eigenvalue weighted by Gasteiger charge is -2.07. The standard InChI is InChI=1S/C11H14ClN3O2/c1-2-13-10(16)7-14-11(17)15-9-5-3-8(12)4-6-9/h3-6H,2,7H2,1H3,(H,13,16)(H2,14,15,17). The van der Waals surface area contributed by atoms with Crippen molar-refractivity contribution in [1.29, 1.82) is 0 Å². The molecule has 0 aliphatic carbocycles. The fourth-order valence-electron chi connectivity index (χ4n) is 1.13. The van der Waals surface area contributed by atoms with Gasteiger partial charge in [0.1, 0.15) is 0 Å². The second-order valence-corrected chi connectivity index (χ2v) is 3.70. The molecule has 3 N–H and O–H groups in total. The van der Waals surface area contributed by atoms with Gasteiger partial charge in [-0.1, -0.05) is 11.6 Å². The van der Waals surface area contributed by atoms with E-state index in [4.69, 9.17) is 11.6 Å². The SMILES string of the molecule is CCNC(=O)CNC(=O)Nc1ccc(Cl)cc1. The summed E-state index contributed by atoms with van der Waals surface area (Å²) in [5, 5.41) is 8.18. The number of hydrogen-bond acceptors (Lipinski definition) is 2. The molecule has 0 heterocycles. The molecule has 5 nitrogen and oxygen atoms in total. The summed E-state index contributed by atoms with van der Waals surface area (Å²) < 4.78 is 0. The molecule has 1 rings (SSSR count). The molecule has 6 heteroatoms. The van der Waals surface area contributed by atoms with Crippen LogP contribution in [0.15, 0.2) is 24.3 Å². The van der Waals surface area contributed by atoms with Gasteiger partial charge < -0.3 is 16.0 Å². The van der Waals surface area contributed by atoms with Crippen LogP contribution < -0.4 is 16.0 Å². The summed E-state index contributed by atoms with van der Waals surface area (Å²) in [6.07, 6.45) is 0.